The number of nitrogens with zero attached hydrogens (tertiary/aromatic N) is 2. The summed E-state index contributed by atoms with van der Waals surface area (Å²) < 4.78 is 0. The van der Waals surface area contributed by atoms with E-state index in [1.807, 2.05) is 70.2 Å². The summed E-state index contributed by atoms with van der Waals surface area (Å²) in [6.07, 6.45) is 3.15. The summed E-state index contributed by atoms with van der Waals surface area (Å²) in [5, 5.41) is 7.30. The summed E-state index contributed by atoms with van der Waals surface area (Å²) in [4.78, 5) is 12.6. The third-order valence-corrected chi connectivity index (χ3v) is 4.96. The Morgan fingerprint density at radius 1 is 1.04 bits per heavy atom. The van der Waals surface area contributed by atoms with E-state index in [1.54, 1.807) is 6.07 Å². The van der Waals surface area contributed by atoms with Crippen molar-refractivity contribution in [3.63, 3.8) is 0 Å². The van der Waals surface area contributed by atoms with Crippen LogP contribution in [-0.2, 0) is 11.2 Å². The molecule has 0 aromatic heterocycles. The smallest absolute Gasteiger partial charge is 0.267 e. The first-order valence-corrected chi connectivity index (χ1v) is 9.85. The quantitative estimate of drug-likeness (QED) is 0.529. The summed E-state index contributed by atoms with van der Waals surface area (Å²) in [5.74, 6) is -0.0953. The molecule has 27 heavy (non-hydrogen) atoms. The lowest BCUT2D eigenvalue weighted by molar-refractivity contribution is -0.114. The molecule has 2 aromatic carbocycles. The van der Waals surface area contributed by atoms with Crippen LogP contribution in [-0.4, -0.2) is 11.6 Å². The number of carbonyl (C=O) groups is 1. The van der Waals surface area contributed by atoms with Gasteiger partial charge in [0.25, 0.3) is 5.91 Å². The second kappa shape index (κ2) is 9.72. The molecular weight excluding hydrogens is 379 g/mol. The van der Waals surface area contributed by atoms with Crippen LogP contribution >= 0.6 is 23.2 Å². The van der Waals surface area contributed by atoms with Gasteiger partial charge in [-0.15, -0.1) is 0 Å². The first kappa shape index (κ1) is 21.2. The standard InChI is InChI=1S/C20H18Cl2N2O.C2H6/c1-3-16-19(10-9-14-11-13(2)17(21)12-18(14)22)23-24(20(16)25)15-7-5-4-6-8-15;1-2/h3-8,11-12H,9-10H2,1-2H3;1-2H3/b16-3+;. The zero-order valence-electron chi connectivity index (χ0n) is 16.1. The van der Waals surface area contributed by atoms with Gasteiger partial charge in [-0.1, -0.05) is 67.4 Å². The molecule has 1 aliphatic heterocycles. The van der Waals surface area contributed by atoms with Crippen molar-refractivity contribution in [1.29, 1.82) is 0 Å². The zero-order chi connectivity index (χ0) is 20.0. The number of benzene rings is 2. The summed E-state index contributed by atoms with van der Waals surface area (Å²) in [7, 11) is 0. The van der Waals surface area contributed by atoms with Gasteiger partial charge in [0.15, 0.2) is 0 Å². The Morgan fingerprint density at radius 3 is 2.33 bits per heavy atom. The Labute approximate surface area is 171 Å². The van der Waals surface area contributed by atoms with Gasteiger partial charge in [0, 0.05) is 10.0 Å². The number of rotatable bonds is 4. The van der Waals surface area contributed by atoms with Crippen molar-refractivity contribution in [3.05, 3.63) is 75.3 Å². The van der Waals surface area contributed by atoms with E-state index in [-0.39, 0.29) is 5.91 Å². The van der Waals surface area contributed by atoms with E-state index in [1.165, 1.54) is 5.01 Å². The second-order valence-corrected chi connectivity index (χ2v) is 6.71. The highest BCUT2D eigenvalue weighted by molar-refractivity contribution is 6.35. The van der Waals surface area contributed by atoms with Crippen LogP contribution < -0.4 is 5.01 Å². The molecule has 0 fully saturated rings. The SMILES string of the molecule is C/C=C1/C(=O)N(c2ccccc2)N=C1CCc1cc(C)c(Cl)cc1Cl.CC. The van der Waals surface area contributed by atoms with E-state index in [2.05, 4.69) is 5.10 Å². The van der Waals surface area contributed by atoms with Crippen molar-refractivity contribution in [1.82, 2.24) is 0 Å². The van der Waals surface area contributed by atoms with Gasteiger partial charge in [0.2, 0.25) is 0 Å². The third-order valence-electron chi connectivity index (χ3n) is 4.20. The average molecular weight is 403 g/mol. The van der Waals surface area contributed by atoms with Gasteiger partial charge >= 0.3 is 0 Å². The normalized spacial score (nSPS) is 14.9. The van der Waals surface area contributed by atoms with Crippen LogP contribution in [0.5, 0.6) is 0 Å². The van der Waals surface area contributed by atoms with Gasteiger partial charge in [0.1, 0.15) is 0 Å². The lowest BCUT2D eigenvalue weighted by atomic mass is 10.0. The first-order chi connectivity index (χ1) is 13.0. The van der Waals surface area contributed by atoms with Gasteiger partial charge in [-0.2, -0.15) is 10.1 Å². The summed E-state index contributed by atoms with van der Waals surface area (Å²) in [6, 6.07) is 13.2. The molecule has 0 saturated carbocycles. The van der Waals surface area contributed by atoms with E-state index in [0.29, 0.717) is 28.5 Å². The van der Waals surface area contributed by atoms with Crippen molar-refractivity contribution in [2.24, 2.45) is 5.10 Å². The Hall–Kier alpha value is -2.10. The molecule has 1 heterocycles. The minimum absolute atomic E-state index is 0.0953. The molecule has 1 aliphatic rings. The van der Waals surface area contributed by atoms with Crippen LogP contribution in [0.3, 0.4) is 0 Å². The Balaban J connectivity index is 0.00000126. The van der Waals surface area contributed by atoms with Gasteiger partial charge in [-0.05, 0) is 56.0 Å². The van der Waals surface area contributed by atoms with Gasteiger partial charge in [-0.3, -0.25) is 4.79 Å². The van der Waals surface area contributed by atoms with Crippen LogP contribution in [0.1, 0.15) is 38.3 Å². The molecular formula is C22H24Cl2N2O. The van der Waals surface area contributed by atoms with Crippen LogP contribution in [0.4, 0.5) is 5.69 Å². The first-order valence-electron chi connectivity index (χ1n) is 9.09. The number of allylic oxidation sites excluding steroid dienone is 1. The molecule has 142 valence electrons. The largest absolute Gasteiger partial charge is 0.280 e. The molecule has 0 atom stereocenters. The molecule has 5 heteroatoms. The van der Waals surface area contributed by atoms with Gasteiger partial charge in [-0.25, -0.2) is 0 Å². The van der Waals surface area contributed by atoms with Crippen molar-refractivity contribution < 1.29 is 4.79 Å². The highest BCUT2D eigenvalue weighted by atomic mass is 35.5. The van der Waals surface area contributed by atoms with Crippen LogP contribution in [0.25, 0.3) is 0 Å². The Bertz CT molecular complexity index is 873. The number of hydrogen-bond donors (Lipinski definition) is 0. The topological polar surface area (TPSA) is 32.7 Å². The summed E-state index contributed by atoms with van der Waals surface area (Å²) >= 11 is 12.4. The molecule has 1 amide bonds. The molecule has 0 unspecified atom stereocenters. The van der Waals surface area contributed by atoms with E-state index in [0.717, 1.165) is 22.5 Å². The van der Waals surface area contributed by atoms with Crippen molar-refractivity contribution in [2.45, 2.75) is 40.5 Å². The number of halogens is 2. The number of amides is 1. The Kier molecular flexibility index (Phi) is 7.64. The van der Waals surface area contributed by atoms with E-state index in [9.17, 15) is 4.79 Å². The maximum Gasteiger partial charge on any atom is 0.280 e. The zero-order valence-corrected chi connectivity index (χ0v) is 17.6. The molecule has 0 N–H and O–H groups in total. The summed E-state index contributed by atoms with van der Waals surface area (Å²) in [5.41, 5.74) is 4.18. The summed E-state index contributed by atoms with van der Waals surface area (Å²) in [6.45, 7) is 7.81. The van der Waals surface area contributed by atoms with Crippen LogP contribution in [0.15, 0.2) is 59.2 Å². The molecule has 3 rings (SSSR count). The Morgan fingerprint density at radius 2 is 1.70 bits per heavy atom. The third kappa shape index (κ3) is 4.79. The van der Waals surface area contributed by atoms with Gasteiger partial charge in [0.05, 0.1) is 17.0 Å². The fourth-order valence-corrected chi connectivity index (χ4v) is 3.32. The number of hydrazone groups is 1. The van der Waals surface area contributed by atoms with Gasteiger partial charge < -0.3 is 0 Å². The van der Waals surface area contributed by atoms with Crippen LogP contribution in [0, 0.1) is 6.92 Å². The second-order valence-electron chi connectivity index (χ2n) is 5.89. The molecule has 0 bridgehead atoms. The lowest BCUT2D eigenvalue weighted by Gasteiger charge is -2.10. The van der Waals surface area contributed by atoms with Crippen molar-refractivity contribution in [3.8, 4) is 0 Å². The molecule has 0 saturated heterocycles. The van der Waals surface area contributed by atoms with E-state index < -0.39 is 0 Å². The minimum Gasteiger partial charge on any atom is -0.267 e. The molecule has 3 nitrogen and oxygen atoms in total. The minimum atomic E-state index is -0.0953. The fourth-order valence-electron chi connectivity index (χ4n) is 2.84. The van der Waals surface area contributed by atoms with Crippen LogP contribution in [0.2, 0.25) is 10.0 Å². The highest BCUT2D eigenvalue weighted by Crippen LogP contribution is 2.28. The number of anilines is 1. The predicted octanol–water partition coefficient (Wildman–Crippen LogP) is 6.61. The highest BCUT2D eigenvalue weighted by Gasteiger charge is 2.30. The molecule has 0 aliphatic carbocycles. The van der Waals surface area contributed by atoms with Crippen molar-refractivity contribution in [2.75, 3.05) is 5.01 Å². The number of carbonyl (C=O) groups excluding carboxylic acids is 1. The number of para-hydroxylation sites is 1. The maximum atomic E-state index is 12.6. The molecule has 0 spiro atoms. The monoisotopic (exact) mass is 402 g/mol. The van der Waals surface area contributed by atoms with E-state index in [4.69, 9.17) is 23.2 Å². The lowest BCUT2D eigenvalue weighted by Crippen LogP contribution is -2.21. The number of hydrogen-bond acceptors (Lipinski definition) is 2. The average Bonchev–Trinajstić information content (AvgIpc) is 3.01. The maximum absolute atomic E-state index is 12.6. The predicted molar refractivity (Wildman–Crippen MR) is 116 cm³/mol. The fraction of sp³-hybridized carbons (Fsp3) is 0.273. The molecule has 0 radical (unpaired) electrons. The number of aryl methyl sites for hydroxylation is 2. The molecule has 2 aromatic rings. The van der Waals surface area contributed by atoms with Crippen molar-refractivity contribution >= 4 is 40.5 Å². The van der Waals surface area contributed by atoms with E-state index >= 15 is 0 Å².